The Hall–Kier alpha value is -3.22. The molecule has 0 unspecified atom stereocenters. The van der Waals surface area contributed by atoms with Gasteiger partial charge in [-0.25, -0.2) is 14.8 Å². The number of aromatic nitrogens is 3. The molecule has 1 aliphatic rings. The quantitative estimate of drug-likeness (QED) is 0.722. The molecule has 27 heavy (non-hydrogen) atoms. The molecule has 2 aromatic heterocycles. The van der Waals surface area contributed by atoms with Crippen LogP contribution in [-0.4, -0.2) is 44.3 Å². The zero-order valence-corrected chi connectivity index (χ0v) is 15.1. The summed E-state index contributed by atoms with van der Waals surface area (Å²) in [4.78, 5) is 34.7. The van der Waals surface area contributed by atoms with Gasteiger partial charge in [0.25, 0.3) is 0 Å². The van der Waals surface area contributed by atoms with Crippen molar-refractivity contribution in [2.45, 2.75) is 25.8 Å². The van der Waals surface area contributed by atoms with Gasteiger partial charge in [0.05, 0.1) is 6.33 Å². The third-order valence-electron chi connectivity index (χ3n) is 5.00. The summed E-state index contributed by atoms with van der Waals surface area (Å²) in [6.07, 6.45) is 5.31. The number of nitrogens with zero attached hydrogens (tertiary/aromatic N) is 4. The summed E-state index contributed by atoms with van der Waals surface area (Å²) in [7, 11) is 0. The highest BCUT2D eigenvalue weighted by Crippen LogP contribution is 2.26. The molecule has 1 aliphatic heterocycles. The maximum Gasteiger partial charge on any atom is 0.321 e. The third-order valence-corrected chi connectivity index (χ3v) is 5.00. The van der Waals surface area contributed by atoms with Crippen molar-refractivity contribution in [1.29, 1.82) is 0 Å². The number of urea groups is 1. The number of pyridine rings is 1. The Morgan fingerprint density at radius 3 is 2.70 bits per heavy atom. The fraction of sp³-hybridized carbons (Fsp3) is 0.300. The van der Waals surface area contributed by atoms with Crippen LogP contribution in [0.3, 0.4) is 0 Å². The van der Waals surface area contributed by atoms with E-state index in [1.54, 1.807) is 30.5 Å². The van der Waals surface area contributed by atoms with Crippen molar-refractivity contribution in [2.75, 3.05) is 18.4 Å². The fourth-order valence-electron chi connectivity index (χ4n) is 3.50. The molecule has 3 heterocycles. The van der Waals surface area contributed by atoms with E-state index in [0.29, 0.717) is 24.3 Å². The molecule has 0 bridgehead atoms. The lowest BCUT2D eigenvalue weighted by Gasteiger charge is -2.32. The number of likely N-dealkylation sites (tertiary alicyclic amines) is 1. The van der Waals surface area contributed by atoms with E-state index < -0.39 is 0 Å². The van der Waals surface area contributed by atoms with Gasteiger partial charge >= 0.3 is 6.03 Å². The standard InChI is InChI=1S/C20H21N5O2/c1-14(26)15-4-2-5-16(12-15)23-20(27)24-10-7-17(8-11-24)25-13-22-18-6-3-9-21-19(18)25/h2-6,9,12-13,17H,7-8,10-11H2,1H3,(H,23,27). The minimum absolute atomic E-state index is 0.0203. The highest BCUT2D eigenvalue weighted by atomic mass is 16.2. The van der Waals surface area contributed by atoms with Gasteiger partial charge in [-0.2, -0.15) is 0 Å². The normalized spacial score (nSPS) is 15.1. The van der Waals surface area contributed by atoms with Crippen molar-refractivity contribution in [3.05, 3.63) is 54.5 Å². The number of nitrogens with one attached hydrogen (secondary N) is 1. The van der Waals surface area contributed by atoms with Gasteiger partial charge in [-0.05, 0) is 44.0 Å². The van der Waals surface area contributed by atoms with Crippen molar-refractivity contribution in [1.82, 2.24) is 19.4 Å². The minimum Gasteiger partial charge on any atom is -0.324 e. The van der Waals surface area contributed by atoms with Gasteiger partial charge in [0, 0.05) is 36.6 Å². The first kappa shape index (κ1) is 17.2. The number of imidazole rings is 1. The fourth-order valence-corrected chi connectivity index (χ4v) is 3.50. The van der Waals surface area contributed by atoms with E-state index in [1.807, 2.05) is 23.4 Å². The summed E-state index contributed by atoms with van der Waals surface area (Å²) in [6.45, 7) is 2.84. The number of carbonyl (C=O) groups excluding carboxylic acids is 2. The Morgan fingerprint density at radius 1 is 1.11 bits per heavy atom. The smallest absolute Gasteiger partial charge is 0.321 e. The van der Waals surface area contributed by atoms with Gasteiger partial charge in [-0.3, -0.25) is 4.79 Å². The van der Waals surface area contributed by atoms with Gasteiger partial charge in [0.15, 0.2) is 11.4 Å². The monoisotopic (exact) mass is 363 g/mol. The Balaban J connectivity index is 1.39. The van der Waals surface area contributed by atoms with E-state index in [1.165, 1.54) is 6.92 Å². The zero-order valence-electron chi connectivity index (χ0n) is 15.1. The molecule has 3 aromatic rings. The van der Waals surface area contributed by atoms with Crippen molar-refractivity contribution in [3.8, 4) is 0 Å². The van der Waals surface area contributed by atoms with Crippen molar-refractivity contribution < 1.29 is 9.59 Å². The number of Topliss-reactive ketones (excluding diaryl/α,β-unsaturated/α-hetero) is 1. The second kappa shape index (κ2) is 7.19. The van der Waals surface area contributed by atoms with Crippen molar-refractivity contribution in [2.24, 2.45) is 0 Å². The van der Waals surface area contributed by atoms with Crippen LogP contribution in [0.2, 0.25) is 0 Å². The lowest BCUT2D eigenvalue weighted by atomic mass is 10.1. The summed E-state index contributed by atoms with van der Waals surface area (Å²) in [5.41, 5.74) is 3.01. The maximum atomic E-state index is 12.6. The molecule has 2 amide bonds. The van der Waals surface area contributed by atoms with Crippen LogP contribution >= 0.6 is 0 Å². The van der Waals surface area contributed by atoms with Crippen LogP contribution < -0.4 is 5.32 Å². The van der Waals surface area contributed by atoms with Crippen LogP contribution in [0.5, 0.6) is 0 Å². The van der Waals surface area contributed by atoms with Gasteiger partial charge in [0.2, 0.25) is 0 Å². The number of hydrogen-bond acceptors (Lipinski definition) is 4. The van der Waals surface area contributed by atoms with E-state index in [-0.39, 0.29) is 17.9 Å². The summed E-state index contributed by atoms with van der Waals surface area (Å²) in [5.74, 6) is -0.0203. The van der Waals surface area contributed by atoms with Crippen LogP contribution in [0, 0.1) is 0 Å². The molecule has 7 nitrogen and oxygen atoms in total. The number of rotatable bonds is 3. The summed E-state index contributed by atoms with van der Waals surface area (Å²) >= 11 is 0. The van der Waals surface area contributed by atoms with E-state index in [4.69, 9.17) is 0 Å². The number of ketones is 1. The van der Waals surface area contributed by atoms with Crippen molar-refractivity contribution in [3.63, 3.8) is 0 Å². The number of hydrogen-bond donors (Lipinski definition) is 1. The molecule has 0 atom stereocenters. The molecular formula is C20H21N5O2. The highest BCUT2D eigenvalue weighted by molar-refractivity contribution is 5.96. The Kier molecular flexibility index (Phi) is 4.58. The Labute approximate surface area is 157 Å². The topological polar surface area (TPSA) is 80.1 Å². The molecule has 1 saturated heterocycles. The molecule has 0 spiro atoms. The molecular weight excluding hydrogens is 342 g/mol. The first-order chi connectivity index (χ1) is 13.1. The molecule has 4 rings (SSSR count). The van der Waals surface area contributed by atoms with Crippen molar-refractivity contribution >= 4 is 28.7 Å². The van der Waals surface area contributed by atoms with Crippen LogP contribution in [0.1, 0.15) is 36.2 Å². The van der Waals surface area contributed by atoms with E-state index >= 15 is 0 Å². The highest BCUT2D eigenvalue weighted by Gasteiger charge is 2.25. The number of benzene rings is 1. The molecule has 1 aromatic carbocycles. The number of carbonyl (C=O) groups is 2. The second-order valence-electron chi connectivity index (χ2n) is 6.78. The van der Waals surface area contributed by atoms with E-state index in [2.05, 4.69) is 19.9 Å². The van der Waals surface area contributed by atoms with Gasteiger partial charge in [-0.1, -0.05) is 12.1 Å². The van der Waals surface area contributed by atoms with Crippen LogP contribution in [0.25, 0.3) is 11.2 Å². The molecule has 0 radical (unpaired) electrons. The second-order valence-corrected chi connectivity index (χ2v) is 6.78. The lowest BCUT2D eigenvalue weighted by Crippen LogP contribution is -2.41. The van der Waals surface area contributed by atoms with Gasteiger partial charge in [0.1, 0.15) is 5.52 Å². The van der Waals surface area contributed by atoms with Gasteiger partial charge in [-0.15, -0.1) is 0 Å². The number of anilines is 1. The van der Waals surface area contributed by atoms with Crippen LogP contribution in [-0.2, 0) is 0 Å². The molecule has 138 valence electrons. The average Bonchev–Trinajstić information content (AvgIpc) is 3.12. The first-order valence-corrected chi connectivity index (χ1v) is 9.06. The third kappa shape index (κ3) is 3.53. The largest absolute Gasteiger partial charge is 0.324 e. The first-order valence-electron chi connectivity index (χ1n) is 9.06. The lowest BCUT2D eigenvalue weighted by molar-refractivity contribution is 0.101. The predicted molar refractivity (Wildman–Crippen MR) is 103 cm³/mol. The van der Waals surface area contributed by atoms with E-state index in [0.717, 1.165) is 24.0 Å². The summed E-state index contributed by atoms with van der Waals surface area (Å²) < 4.78 is 2.11. The van der Waals surface area contributed by atoms with Crippen LogP contribution in [0.15, 0.2) is 48.9 Å². The van der Waals surface area contributed by atoms with E-state index in [9.17, 15) is 9.59 Å². The maximum absolute atomic E-state index is 12.6. The number of amides is 2. The molecule has 1 N–H and O–H groups in total. The predicted octanol–water partition coefficient (Wildman–Crippen LogP) is 3.50. The summed E-state index contributed by atoms with van der Waals surface area (Å²) in [5, 5.41) is 2.89. The number of piperidine rings is 1. The Morgan fingerprint density at radius 2 is 1.93 bits per heavy atom. The van der Waals surface area contributed by atoms with Gasteiger partial charge < -0.3 is 14.8 Å². The minimum atomic E-state index is -0.136. The SMILES string of the molecule is CC(=O)c1cccc(NC(=O)N2CCC(n3cnc4cccnc43)CC2)c1. The molecule has 0 aliphatic carbocycles. The Bertz CT molecular complexity index is 989. The molecule has 7 heteroatoms. The molecule has 1 fully saturated rings. The number of fused-ring (bicyclic) bond motifs is 1. The zero-order chi connectivity index (χ0) is 18.8. The average molecular weight is 363 g/mol. The van der Waals surface area contributed by atoms with Crippen LogP contribution in [0.4, 0.5) is 10.5 Å². The molecule has 0 saturated carbocycles. The summed E-state index contributed by atoms with van der Waals surface area (Å²) in [6, 6.07) is 11.0.